The molecule has 0 radical (unpaired) electrons. The van der Waals surface area contributed by atoms with Crippen molar-refractivity contribution in [1.82, 2.24) is 29.9 Å². The van der Waals surface area contributed by atoms with Crippen LogP contribution in [0.1, 0.15) is 16.2 Å². The zero-order valence-corrected chi connectivity index (χ0v) is 20.0. The first kappa shape index (κ1) is 23.4. The van der Waals surface area contributed by atoms with Gasteiger partial charge in [0.1, 0.15) is 0 Å². The van der Waals surface area contributed by atoms with E-state index in [1.807, 2.05) is 91.0 Å². The normalized spacial score (nSPS) is 13.9. The van der Waals surface area contributed by atoms with Gasteiger partial charge in [0.25, 0.3) is 5.91 Å². The third-order valence-corrected chi connectivity index (χ3v) is 6.19. The van der Waals surface area contributed by atoms with Crippen LogP contribution in [-0.4, -0.2) is 69.1 Å². The zero-order valence-electron chi connectivity index (χ0n) is 20.0. The van der Waals surface area contributed by atoms with Crippen molar-refractivity contribution in [3.05, 3.63) is 102 Å². The van der Waals surface area contributed by atoms with Gasteiger partial charge in [-0.3, -0.25) is 14.5 Å². The molecule has 8 nitrogen and oxygen atoms in total. The maximum Gasteiger partial charge on any atom is 0.293 e. The van der Waals surface area contributed by atoms with Crippen LogP contribution in [0, 0.1) is 0 Å². The number of rotatable bonds is 7. The maximum atomic E-state index is 13.3. The van der Waals surface area contributed by atoms with Gasteiger partial charge in [0.2, 0.25) is 11.7 Å². The minimum Gasteiger partial charge on any atom is -0.351 e. The Morgan fingerprint density at radius 3 is 2.06 bits per heavy atom. The molecular weight excluding hydrogens is 452 g/mol. The molecule has 2 amide bonds. The summed E-state index contributed by atoms with van der Waals surface area (Å²) >= 11 is 0. The Kier molecular flexibility index (Phi) is 7.14. The minimum absolute atomic E-state index is 0.0191. The zero-order chi connectivity index (χ0) is 24.7. The van der Waals surface area contributed by atoms with Crippen LogP contribution in [0.5, 0.6) is 0 Å². The van der Waals surface area contributed by atoms with Crippen LogP contribution in [0.4, 0.5) is 0 Å². The molecule has 3 aromatic carbocycles. The van der Waals surface area contributed by atoms with E-state index in [1.165, 1.54) is 0 Å². The number of nitrogens with one attached hydrogen (secondary N) is 1. The number of hydrogen-bond donors (Lipinski definition) is 1. The number of hydrogen-bond acceptors (Lipinski definition) is 5. The van der Waals surface area contributed by atoms with Gasteiger partial charge < -0.3 is 10.2 Å². The monoisotopic (exact) mass is 480 g/mol. The van der Waals surface area contributed by atoms with Crippen molar-refractivity contribution in [2.75, 3.05) is 32.7 Å². The first-order valence-electron chi connectivity index (χ1n) is 12.1. The number of benzene rings is 3. The van der Waals surface area contributed by atoms with Gasteiger partial charge in [-0.15, -0.1) is 5.10 Å². The quantitative estimate of drug-likeness (QED) is 0.440. The van der Waals surface area contributed by atoms with Crippen LogP contribution in [-0.2, 0) is 11.3 Å². The average molecular weight is 481 g/mol. The highest BCUT2D eigenvalue weighted by Gasteiger charge is 2.27. The standard InChI is InChI=1S/C28H28N6O2/c35-25(29-20-22-10-4-1-5-11-22)21-32-16-18-33(19-17-32)28(36)26-30-27(23-12-6-2-7-13-23)34(31-26)24-14-8-3-9-15-24/h1-15H,16-21H2,(H,29,35). The van der Waals surface area contributed by atoms with Gasteiger partial charge in [-0.05, 0) is 17.7 Å². The smallest absolute Gasteiger partial charge is 0.293 e. The highest BCUT2D eigenvalue weighted by Crippen LogP contribution is 2.21. The number of para-hydroxylation sites is 1. The second-order valence-corrected chi connectivity index (χ2v) is 8.70. The van der Waals surface area contributed by atoms with Gasteiger partial charge in [0.15, 0.2) is 5.82 Å². The highest BCUT2D eigenvalue weighted by molar-refractivity contribution is 5.91. The van der Waals surface area contributed by atoms with Crippen molar-refractivity contribution >= 4 is 11.8 Å². The predicted molar refractivity (Wildman–Crippen MR) is 137 cm³/mol. The van der Waals surface area contributed by atoms with E-state index in [2.05, 4.69) is 20.3 Å². The predicted octanol–water partition coefficient (Wildman–Crippen LogP) is 3.01. The largest absolute Gasteiger partial charge is 0.351 e. The van der Waals surface area contributed by atoms with Crippen LogP contribution >= 0.6 is 0 Å². The summed E-state index contributed by atoms with van der Waals surface area (Å²) in [4.78, 5) is 34.1. The molecule has 36 heavy (non-hydrogen) atoms. The molecule has 0 unspecified atom stereocenters. The second-order valence-electron chi connectivity index (χ2n) is 8.70. The lowest BCUT2D eigenvalue weighted by atomic mass is 10.2. The van der Waals surface area contributed by atoms with Crippen molar-refractivity contribution < 1.29 is 9.59 Å². The fraction of sp³-hybridized carbons (Fsp3) is 0.214. The molecule has 4 aromatic rings. The number of nitrogens with zero attached hydrogens (tertiary/aromatic N) is 5. The van der Waals surface area contributed by atoms with E-state index in [1.54, 1.807) is 9.58 Å². The Hall–Kier alpha value is -4.30. The molecule has 182 valence electrons. The summed E-state index contributed by atoms with van der Waals surface area (Å²) in [6, 6.07) is 29.3. The molecule has 0 bridgehead atoms. The van der Waals surface area contributed by atoms with Crippen molar-refractivity contribution in [3.8, 4) is 17.1 Å². The third kappa shape index (κ3) is 5.50. The van der Waals surface area contributed by atoms with E-state index in [-0.39, 0.29) is 17.6 Å². The molecule has 1 N–H and O–H groups in total. The number of carbonyl (C=O) groups excluding carboxylic acids is 2. The molecule has 1 saturated heterocycles. The Labute approximate surface area is 210 Å². The third-order valence-electron chi connectivity index (χ3n) is 6.19. The summed E-state index contributed by atoms with van der Waals surface area (Å²) < 4.78 is 1.72. The van der Waals surface area contributed by atoms with E-state index < -0.39 is 0 Å². The number of carbonyl (C=O) groups is 2. The average Bonchev–Trinajstić information content (AvgIpc) is 3.39. The summed E-state index contributed by atoms with van der Waals surface area (Å²) in [5, 5.41) is 7.55. The fourth-order valence-electron chi connectivity index (χ4n) is 4.23. The van der Waals surface area contributed by atoms with Crippen LogP contribution in [0.3, 0.4) is 0 Å². The van der Waals surface area contributed by atoms with Gasteiger partial charge >= 0.3 is 0 Å². The molecule has 0 atom stereocenters. The molecule has 1 aliphatic rings. The Morgan fingerprint density at radius 1 is 0.778 bits per heavy atom. The minimum atomic E-state index is -0.199. The lowest BCUT2D eigenvalue weighted by molar-refractivity contribution is -0.122. The lowest BCUT2D eigenvalue weighted by Crippen LogP contribution is -2.51. The van der Waals surface area contributed by atoms with Gasteiger partial charge in [-0.2, -0.15) is 0 Å². The van der Waals surface area contributed by atoms with E-state index in [0.717, 1.165) is 16.8 Å². The molecule has 1 fully saturated rings. The number of amides is 2. The summed E-state index contributed by atoms with van der Waals surface area (Å²) in [6.07, 6.45) is 0. The number of piperazine rings is 1. The lowest BCUT2D eigenvalue weighted by Gasteiger charge is -2.33. The fourth-order valence-corrected chi connectivity index (χ4v) is 4.23. The van der Waals surface area contributed by atoms with Crippen molar-refractivity contribution in [2.24, 2.45) is 0 Å². The van der Waals surface area contributed by atoms with Crippen LogP contribution in [0.2, 0.25) is 0 Å². The molecule has 5 rings (SSSR count). The topological polar surface area (TPSA) is 83.4 Å². The van der Waals surface area contributed by atoms with E-state index in [4.69, 9.17) is 0 Å². The van der Waals surface area contributed by atoms with Crippen molar-refractivity contribution in [1.29, 1.82) is 0 Å². The van der Waals surface area contributed by atoms with Gasteiger partial charge in [0.05, 0.1) is 12.2 Å². The van der Waals surface area contributed by atoms with Crippen LogP contribution in [0.15, 0.2) is 91.0 Å². The molecule has 0 saturated carbocycles. The summed E-state index contributed by atoms with van der Waals surface area (Å²) in [5.74, 6) is 0.579. The number of aromatic nitrogens is 3. The summed E-state index contributed by atoms with van der Waals surface area (Å²) in [6.45, 7) is 3.10. The summed E-state index contributed by atoms with van der Waals surface area (Å²) in [7, 11) is 0. The molecule has 0 spiro atoms. The second kappa shape index (κ2) is 11.0. The van der Waals surface area contributed by atoms with Gasteiger partial charge in [0, 0.05) is 38.3 Å². The Bertz CT molecular complexity index is 1240. The van der Waals surface area contributed by atoms with Crippen molar-refractivity contribution in [3.63, 3.8) is 0 Å². The summed E-state index contributed by atoms with van der Waals surface area (Å²) in [5.41, 5.74) is 2.80. The SMILES string of the molecule is O=C(CN1CCN(C(=O)c2nc(-c3ccccc3)n(-c3ccccc3)n2)CC1)NCc1ccccc1. The molecule has 0 aliphatic carbocycles. The molecule has 2 heterocycles. The van der Waals surface area contributed by atoms with E-state index >= 15 is 0 Å². The van der Waals surface area contributed by atoms with Gasteiger partial charge in [-0.1, -0.05) is 78.9 Å². The van der Waals surface area contributed by atoms with Crippen molar-refractivity contribution in [2.45, 2.75) is 6.54 Å². The molecule has 8 heteroatoms. The molecular formula is C28H28N6O2. The van der Waals surface area contributed by atoms with E-state index in [9.17, 15) is 9.59 Å². The molecule has 1 aromatic heterocycles. The Morgan fingerprint density at radius 2 is 1.39 bits per heavy atom. The van der Waals surface area contributed by atoms with Gasteiger partial charge in [-0.25, -0.2) is 9.67 Å². The molecule has 1 aliphatic heterocycles. The maximum absolute atomic E-state index is 13.3. The first-order chi connectivity index (χ1) is 17.7. The first-order valence-corrected chi connectivity index (χ1v) is 12.1. The Balaban J connectivity index is 1.22. The van der Waals surface area contributed by atoms with E-state index in [0.29, 0.717) is 45.1 Å². The van der Waals surface area contributed by atoms with Crippen LogP contribution in [0.25, 0.3) is 17.1 Å². The van der Waals surface area contributed by atoms with Crippen LogP contribution < -0.4 is 5.32 Å². The highest BCUT2D eigenvalue weighted by atomic mass is 16.2.